The van der Waals surface area contributed by atoms with E-state index in [2.05, 4.69) is 0 Å². The van der Waals surface area contributed by atoms with Gasteiger partial charge in [0.15, 0.2) is 0 Å². The zero-order valence-electron chi connectivity index (χ0n) is 13.0. The number of rotatable bonds is 6. The van der Waals surface area contributed by atoms with E-state index in [0.29, 0.717) is 11.4 Å². The first-order valence-corrected chi connectivity index (χ1v) is 10.9. The molecule has 0 radical (unpaired) electrons. The highest BCUT2D eigenvalue weighted by Crippen LogP contribution is 2.20. The molecule has 1 heterocycles. The molecule has 1 aromatic rings. The van der Waals surface area contributed by atoms with Crippen molar-refractivity contribution in [2.45, 2.75) is 24.7 Å². The van der Waals surface area contributed by atoms with Crippen LogP contribution in [0.25, 0.3) is 0 Å². The molecule has 0 amide bonds. The normalized spacial score (nSPS) is 18.2. The second-order valence-corrected chi connectivity index (χ2v) is 9.89. The summed E-state index contributed by atoms with van der Waals surface area (Å²) in [6.07, 6.45) is 1.43. The summed E-state index contributed by atoms with van der Waals surface area (Å²) >= 11 is 5.78. The molecule has 0 unspecified atom stereocenters. The Morgan fingerprint density at radius 2 is 1.48 bits per heavy atom. The number of hydrogen-bond donors (Lipinski definition) is 0. The standard InChI is InChI=1S/C14H21ClN2O4S2/c1-2-3-12-22(18,19)16-8-10-17(11-9-16)23(20,21)14-6-4-13(15)5-7-14/h4-7H,2-3,8-12H2,1H3. The molecule has 1 aliphatic heterocycles. The lowest BCUT2D eigenvalue weighted by Crippen LogP contribution is -2.50. The second kappa shape index (κ2) is 7.48. The first kappa shape index (κ1) is 18.7. The molecule has 130 valence electrons. The van der Waals surface area contributed by atoms with Crippen molar-refractivity contribution in [3.05, 3.63) is 29.3 Å². The van der Waals surface area contributed by atoms with Crippen molar-refractivity contribution in [3.63, 3.8) is 0 Å². The Bertz CT molecular complexity index is 725. The van der Waals surface area contributed by atoms with Crippen LogP contribution in [0.15, 0.2) is 29.2 Å². The summed E-state index contributed by atoms with van der Waals surface area (Å²) < 4.78 is 52.1. The molecule has 0 aromatic heterocycles. The van der Waals surface area contributed by atoms with Gasteiger partial charge in [-0.2, -0.15) is 8.61 Å². The largest absolute Gasteiger partial charge is 0.243 e. The summed E-state index contributed by atoms with van der Waals surface area (Å²) in [7, 11) is -6.90. The quantitative estimate of drug-likeness (QED) is 0.753. The third kappa shape index (κ3) is 4.45. The molecule has 0 aliphatic carbocycles. The highest BCUT2D eigenvalue weighted by molar-refractivity contribution is 7.89. The van der Waals surface area contributed by atoms with Gasteiger partial charge in [-0.05, 0) is 30.7 Å². The summed E-state index contributed by atoms with van der Waals surface area (Å²) in [4.78, 5) is 0.171. The molecular formula is C14H21ClN2O4S2. The molecule has 1 aromatic carbocycles. The van der Waals surface area contributed by atoms with E-state index in [1.54, 1.807) is 0 Å². The molecule has 0 saturated carbocycles. The molecular weight excluding hydrogens is 360 g/mol. The van der Waals surface area contributed by atoms with Gasteiger partial charge >= 0.3 is 0 Å². The van der Waals surface area contributed by atoms with Crippen LogP contribution in [0.3, 0.4) is 0 Å². The maximum atomic E-state index is 12.5. The third-order valence-electron chi connectivity index (χ3n) is 3.80. The Labute approximate surface area is 143 Å². The zero-order valence-corrected chi connectivity index (χ0v) is 15.4. The average Bonchev–Trinajstić information content (AvgIpc) is 2.53. The summed E-state index contributed by atoms with van der Waals surface area (Å²) in [6, 6.07) is 5.98. The van der Waals surface area contributed by atoms with Gasteiger partial charge in [0.25, 0.3) is 0 Å². The molecule has 0 atom stereocenters. The smallest absolute Gasteiger partial charge is 0.212 e. The van der Waals surface area contributed by atoms with Crippen LogP contribution < -0.4 is 0 Å². The topological polar surface area (TPSA) is 74.8 Å². The van der Waals surface area contributed by atoms with Crippen molar-refractivity contribution in [1.82, 2.24) is 8.61 Å². The molecule has 0 bridgehead atoms. The van der Waals surface area contributed by atoms with E-state index in [1.807, 2.05) is 6.92 Å². The predicted molar refractivity (Wildman–Crippen MR) is 90.5 cm³/mol. The van der Waals surface area contributed by atoms with E-state index in [9.17, 15) is 16.8 Å². The minimum absolute atomic E-state index is 0.118. The highest BCUT2D eigenvalue weighted by atomic mass is 35.5. The number of nitrogens with zero attached hydrogens (tertiary/aromatic N) is 2. The van der Waals surface area contributed by atoms with Crippen LogP contribution in [0.4, 0.5) is 0 Å². The van der Waals surface area contributed by atoms with Gasteiger partial charge in [-0.1, -0.05) is 24.9 Å². The monoisotopic (exact) mass is 380 g/mol. The van der Waals surface area contributed by atoms with Crippen LogP contribution in [0, 0.1) is 0 Å². The lowest BCUT2D eigenvalue weighted by atomic mass is 10.4. The van der Waals surface area contributed by atoms with Crippen LogP contribution in [0.1, 0.15) is 19.8 Å². The number of halogens is 1. The summed E-state index contributed by atoms with van der Waals surface area (Å²) in [5.41, 5.74) is 0. The Morgan fingerprint density at radius 1 is 0.957 bits per heavy atom. The van der Waals surface area contributed by atoms with Crippen LogP contribution in [0.5, 0.6) is 0 Å². The molecule has 9 heteroatoms. The van der Waals surface area contributed by atoms with Gasteiger partial charge in [-0.15, -0.1) is 0 Å². The van der Waals surface area contributed by atoms with E-state index in [1.165, 1.54) is 32.9 Å². The fourth-order valence-corrected chi connectivity index (χ4v) is 5.58. The van der Waals surface area contributed by atoms with Crippen molar-refractivity contribution in [1.29, 1.82) is 0 Å². The van der Waals surface area contributed by atoms with E-state index in [-0.39, 0.29) is 36.8 Å². The Morgan fingerprint density at radius 3 is 2.00 bits per heavy atom. The van der Waals surface area contributed by atoms with Gasteiger partial charge in [-0.25, -0.2) is 16.8 Å². The van der Waals surface area contributed by atoms with Crippen molar-refractivity contribution in [2.75, 3.05) is 31.9 Å². The maximum Gasteiger partial charge on any atom is 0.243 e. The van der Waals surface area contributed by atoms with Gasteiger partial charge in [0.05, 0.1) is 10.6 Å². The maximum absolute atomic E-state index is 12.5. The Balaban J connectivity index is 2.05. The minimum Gasteiger partial charge on any atom is -0.212 e. The first-order valence-electron chi connectivity index (χ1n) is 7.51. The number of piperazine rings is 1. The van der Waals surface area contributed by atoms with Crippen LogP contribution in [-0.2, 0) is 20.0 Å². The van der Waals surface area contributed by atoms with Crippen molar-refractivity contribution in [3.8, 4) is 0 Å². The fourth-order valence-electron chi connectivity index (χ4n) is 2.40. The van der Waals surface area contributed by atoms with E-state index in [4.69, 9.17) is 11.6 Å². The van der Waals surface area contributed by atoms with Gasteiger partial charge in [0.2, 0.25) is 20.0 Å². The van der Waals surface area contributed by atoms with Gasteiger partial charge in [0, 0.05) is 31.2 Å². The van der Waals surface area contributed by atoms with E-state index in [0.717, 1.165) is 6.42 Å². The van der Waals surface area contributed by atoms with Crippen molar-refractivity contribution < 1.29 is 16.8 Å². The summed E-state index contributed by atoms with van der Waals surface area (Å²) in [5, 5.41) is 0.468. The highest BCUT2D eigenvalue weighted by Gasteiger charge is 2.32. The van der Waals surface area contributed by atoms with Crippen LogP contribution in [-0.4, -0.2) is 57.4 Å². The van der Waals surface area contributed by atoms with Gasteiger partial charge in [-0.3, -0.25) is 0 Å². The Kier molecular flexibility index (Phi) is 6.07. The number of sulfonamides is 2. The van der Waals surface area contributed by atoms with E-state index >= 15 is 0 Å². The lowest BCUT2D eigenvalue weighted by Gasteiger charge is -2.33. The van der Waals surface area contributed by atoms with Crippen molar-refractivity contribution >= 4 is 31.6 Å². The van der Waals surface area contributed by atoms with Crippen LogP contribution >= 0.6 is 11.6 Å². The SMILES string of the molecule is CCCCS(=O)(=O)N1CCN(S(=O)(=O)c2ccc(Cl)cc2)CC1. The molecule has 1 fully saturated rings. The predicted octanol–water partition coefficient (Wildman–Crippen LogP) is 1.78. The molecule has 0 N–H and O–H groups in total. The number of hydrogen-bond acceptors (Lipinski definition) is 4. The molecule has 0 spiro atoms. The van der Waals surface area contributed by atoms with E-state index < -0.39 is 20.0 Å². The molecule has 6 nitrogen and oxygen atoms in total. The van der Waals surface area contributed by atoms with Crippen LogP contribution in [0.2, 0.25) is 5.02 Å². The average molecular weight is 381 g/mol. The number of unbranched alkanes of at least 4 members (excludes halogenated alkanes) is 1. The van der Waals surface area contributed by atoms with Gasteiger partial charge < -0.3 is 0 Å². The minimum atomic E-state index is -3.61. The molecule has 1 saturated heterocycles. The lowest BCUT2D eigenvalue weighted by molar-refractivity contribution is 0.272. The van der Waals surface area contributed by atoms with Gasteiger partial charge in [0.1, 0.15) is 0 Å². The molecule has 1 aliphatic rings. The summed E-state index contributed by atoms with van der Waals surface area (Å²) in [5.74, 6) is 0.118. The Hall–Kier alpha value is -0.670. The molecule has 2 rings (SSSR count). The third-order valence-corrected chi connectivity index (χ3v) is 7.92. The fraction of sp³-hybridized carbons (Fsp3) is 0.571. The summed E-state index contributed by atoms with van der Waals surface area (Å²) in [6.45, 7) is 2.65. The molecule has 23 heavy (non-hydrogen) atoms. The zero-order chi connectivity index (χ0) is 17.1. The number of benzene rings is 1. The second-order valence-electron chi connectivity index (χ2n) is 5.43. The first-order chi connectivity index (χ1) is 10.8. The van der Waals surface area contributed by atoms with Crippen molar-refractivity contribution in [2.24, 2.45) is 0 Å².